The standard InChI is InChI=1S/C11H14F4N2O3S/c1-3-20-9(18)7-5(16)6(19-2)8(21-7)17-4-11(14,15)10(12)13/h10,17H,3-4,16H2,1-2H3. The summed E-state index contributed by atoms with van der Waals surface area (Å²) in [6.07, 6.45) is -3.81. The van der Waals surface area contributed by atoms with Crippen LogP contribution in [0.25, 0.3) is 0 Å². The molecule has 0 saturated heterocycles. The molecule has 0 aliphatic heterocycles. The number of alkyl halides is 4. The lowest BCUT2D eigenvalue weighted by atomic mass is 10.3. The largest absolute Gasteiger partial charge is 0.492 e. The van der Waals surface area contributed by atoms with Gasteiger partial charge >= 0.3 is 18.3 Å². The first-order chi connectivity index (χ1) is 9.74. The van der Waals surface area contributed by atoms with E-state index in [-0.39, 0.29) is 27.9 Å². The number of nitrogen functional groups attached to an aromatic ring is 1. The van der Waals surface area contributed by atoms with Crippen LogP contribution in [-0.2, 0) is 4.74 Å². The first-order valence-corrected chi connectivity index (χ1v) is 6.59. The molecule has 1 aromatic rings. The van der Waals surface area contributed by atoms with E-state index >= 15 is 0 Å². The molecule has 0 aliphatic carbocycles. The van der Waals surface area contributed by atoms with Crippen molar-refractivity contribution in [2.45, 2.75) is 19.3 Å². The van der Waals surface area contributed by atoms with Gasteiger partial charge in [-0.05, 0) is 6.92 Å². The summed E-state index contributed by atoms with van der Waals surface area (Å²) in [5.74, 6) is -5.02. The lowest BCUT2D eigenvalue weighted by molar-refractivity contribution is -0.117. The molecule has 5 nitrogen and oxygen atoms in total. The highest BCUT2D eigenvalue weighted by molar-refractivity contribution is 7.19. The van der Waals surface area contributed by atoms with Gasteiger partial charge in [0.1, 0.15) is 15.6 Å². The number of carbonyl (C=O) groups excluding carboxylic acids is 1. The molecule has 0 spiro atoms. The molecule has 1 heterocycles. The molecule has 1 rings (SSSR count). The number of hydrogen-bond acceptors (Lipinski definition) is 6. The molecule has 3 N–H and O–H groups in total. The van der Waals surface area contributed by atoms with Gasteiger partial charge in [-0.3, -0.25) is 0 Å². The van der Waals surface area contributed by atoms with E-state index in [9.17, 15) is 22.4 Å². The van der Waals surface area contributed by atoms with Crippen molar-refractivity contribution in [2.75, 3.05) is 31.3 Å². The van der Waals surface area contributed by atoms with Gasteiger partial charge in [0, 0.05) is 0 Å². The van der Waals surface area contributed by atoms with Crippen LogP contribution in [-0.4, -0.2) is 38.6 Å². The Morgan fingerprint density at radius 2 is 2.10 bits per heavy atom. The Hall–Kier alpha value is -1.71. The number of carbonyl (C=O) groups is 1. The molecule has 0 fully saturated rings. The van der Waals surface area contributed by atoms with Crippen molar-refractivity contribution in [3.63, 3.8) is 0 Å². The van der Waals surface area contributed by atoms with Crippen LogP contribution in [0.5, 0.6) is 5.75 Å². The van der Waals surface area contributed by atoms with Gasteiger partial charge in [-0.25, -0.2) is 13.6 Å². The van der Waals surface area contributed by atoms with Crippen LogP contribution in [0.15, 0.2) is 0 Å². The quantitative estimate of drug-likeness (QED) is 0.594. The zero-order valence-electron chi connectivity index (χ0n) is 11.2. The maximum absolute atomic E-state index is 12.9. The normalized spacial score (nSPS) is 11.6. The third-order valence-electron chi connectivity index (χ3n) is 2.37. The number of anilines is 2. The smallest absolute Gasteiger partial charge is 0.350 e. The summed E-state index contributed by atoms with van der Waals surface area (Å²) in [5, 5.41) is 2.08. The second-order valence-electron chi connectivity index (χ2n) is 3.84. The summed E-state index contributed by atoms with van der Waals surface area (Å²) in [5.41, 5.74) is 5.56. The Morgan fingerprint density at radius 3 is 2.57 bits per heavy atom. The number of methoxy groups -OCH3 is 1. The van der Waals surface area contributed by atoms with Gasteiger partial charge in [0.15, 0.2) is 5.75 Å². The molecule has 0 radical (unpaired) electrons. The summed E-state index contributed by atoms with van der Waals surface area (Å²) >= 11 is 0.697. The van der Waals surface area contributed by atoms with Gasteiger partial charge in [-0.1, -0.05) is 0 Å². The number of ether oxygens (including phenoxy) is 2. The van der Waals surface area contributed by atoms with Crippen LogP contribution in [0.3, 0.4) is 0 Å². The molecule has 0 amide bonds. The van der Waals surface area contributed by atoms with Gasteiger partial charge in [-0.15, -0.1) is 11.3 Å². The molecule has 0 aromatic carbocycles. The second kappa shape index (κ2) is 6.83. The predicted molar refractivity (Wildman–Crippen MR) is 70.7 cm³/mol. The lowest BCUT2D eigenvalue weighted by Crippen LogP contribution is -2.34. The van der Waals surface area contributed by atoms with Crippen LogP contribution in [0, 0.1) is 0 Å². The number of esters is 1. The fourth-order valence-corrected chi connectivity index (χ4v) is 2.35. The number of nitrogens with one attached hydrogen (secondary N) is 1. The molecule has 0 saturated carbocycles. The molecule has 10 heteroatoms. The van der Waals surface area contributed by atoms with Gasteiger partial charge in [-0.2, -0.15) is 8.78 Å². The van der Waals surface area contributed by atoms with Crippen molar-refractivity contribution in [3.05, 3.63) is 4.88 Å². The Bertz CT molecular complexity index is 508. The summed E-state index contributed by atoms with van der Waals surface area (Å²) in [6.45, 7) is 0.370. The zero-order chi connectivity index (χ0) is 16.2. The van der Waals surface area contributed by atoms with E-state index in [1.807, 2.05) is 0 Å². The highest BCUT2D eigenvalue weighted by Crippen LogP contribution is 2.43. The van der Waals surface area contributed by atoms with Crippen molar-refractivity contribution in [2.24, 2.45) is 0 Å². The van der Waals surface area contributed by atoms with E-state index in [1.54, 1.807) is 6.92 Å². The molecule has 1 aromatic heterocycles. The van der Waals surface area contributed by atoms with Gasteiger partial charge in [0.05, 0.1) is 20.3 Å². The highest BCUT2D eigenvalue weighted by Gasteiger charge is 2.41. The molecule has 0 unspecified atom stereocenters. The van der Waals surface area contributed by atoms with Crippen molar-refractivity contribution < 1.29 is 31.8 Å². The summed E-state index contributed by atoms with van der Waals surface area (Å²) in [4.78, 5) is 11.6. The van der Waals surface area contributed by atoms with E-state index in [0.29, 0.717) is 11.3 Å². The summed E-state index contributed by atoms with van der Waals surface area (Å²) < 4.78 is 59.6. The van der Waals surface area contributed by atoms with Gasteiger partial charge in [0.25, 0.3) is 0 Å². The Balaban J connectivity index is 2.97. The minimum Gasteiger partial charge on any atom is -0.492 e. The molecule has 0 bridgehead atoms. The fraction of sp³-hybridized carbons (Fsp3) is 0.545. The average molecular weight is 330 g/mol. The van der Waals surface area contributed by atoms with Gasteiger partial charge < -0.3 is 20.5 Å². The minimum absolute atomic E-state index is 0.0432. The molecule has 0 aliphatic rings. The Kier molecular flexibility index (Phi) is 5.64. The monoisotopic (exact) mass is 330 g/mol. The topological polar surface area (TPSA) is 73.6 Å². The number of nitrogens with two attached hydrogens (primary N) is 1. The van der Waals surface area contributed by atoms with Crippen molar-refractivity contribution in [3.8, 4) is 5.75 Å². The number of rotatable bonds is 7. The molecular formula is C11H14F4N2O3S. The fourth-order valence-electron chi connectivity index (χ4n) is 1.37. The van der Waals surface area contributed by atoms with Crippen LogP contribution in [0.1, 0.15) is 16.6 Å². The highest BCUT2D eigenvalue weighted by atomic mass is 32.1. The molecule has 120 valence electrons. The van der Waals surface area contributed by atoms with Crippen LogP contribution < -0.4 is 15.8 Å². The van der Waals surface area contributed by atoms with E-state index in [1.165, 1.54) is 7.11 Å². The summed E-state index contributed by atoms with van der Waals surface area (Å²) in [6, 6.07) is 0. The Morgan fingerprint density at radius 1 is 1.48 bits per heavy atom. The van der Waals surface area contributed by atoms with Gasteiger partial charge in [0.2, 0.25) is 0 Å². The SMILES string of the molecule is CCOC(=O)c1sc(NCC(F)(F)C(F)F)c(OC)c1N. The first-order valence-electron chi connectivity index (χ1n) is 5.77. The van der Waals surface area contributed by atoms with E-state index in [2.05, 4.69) is 5.32 Å². The van der Waals surface area contributed by atoms with Crippen LogP contribution in [0.4, 0.5) is 28.3 Å². The second-order valence-corrected chi connectivity index (χ2v) is 4.86. The Labute approximate surface area is 122 Å². The van der Waals surface area contributed by atoms with Crippen molar-refractivity contribution >= 4 is 28.0 Å². The lowest BCUT2D eigenvalue weighted by Gasteiger charge is -2.16. The van der Waals surface area contributed by atoms with Crippen molar-refractivity contribution in [1.29, 1.82) is 0 Å². The number of halogens is 4. The van der Waals surface area contributed by atoms with E-state index in [4.69, 9.17) is 15.2 Å². The maximum Gasteiger partial charge on any atom is 0.350 e. The average Bonchev–Trinajstić information content (AvgIpc) is 2.73. The van der Waals surface area contributed by atoms with E-state index < -0.39 is 24.9 Å². The summed E-state index contributed by atoms with van der Waals surface area (Å²) in [7, 11) is 1.21. The van der Waals surface area contributed by atoms with Crippen LogP contribution in [0.2, 0.25) is 0 Å². The maximum atomic E-state index is 12.9. The third-order valence-corrected chi connectivity index (χ3v) is 3.49. The minimum atomic E-state index is -4.21. The molecular weight excluding hydrogens is 316 g/mol. The zero-order valence-corrected chi connectivity index (χ0v) is 12.0. The number of hydrogen-bond donors (Lipinski definition) is 2. The van der Waals surface area contributed by atoms with Crippen LogP contribution >= 0.6 is 11.3 Å². The predicted octanol–water partition coefficient (Wildman–Crippen LogP) is 2.83. The number of thiophene rings is 1. The first kappa shape index (κ1) is 17.3. The van der Waals surface area contributed by atoms with Crippen molar-refractivity contribution in [1.82, 2.24) is 0 Å². The van der Waals surface area contributed by atoms with E-state index in [0.717, 1.165) is 0 Å². The molecule has 21 heavy (non-hydrogen) atoms. The third kappa shape index (κ3) is 3.90. The molecule has 0 atom stereocenters.